The number of carbonyl (C=O) groups is 1. The molecule has 0 spiro atoms. The van der Waals surface area contributed by atoms with Crippen LogP contribution >= 0.6 is 0 Å². The first-order valence-electron chi connectivity index (χ1n) is 6.02. The van der Waals surface area contributed by atoms with Crippen molar-refractivity contribution in [2.75, 3.05) is 6.54 Å². The highest BCUT2D eigenvalue weighted by atomic mass is 16.2. The van der Waals surface area contributed by atoms with Gasteiger partial charge in [-0.15, -0.1) is 0 Å². The van der Waals surface area contributed by atoms with Gasteiger partial charge in [0.2, 0.25) is 0 Å². The number of amides is 2. The summed E-state index contributed by atoms with van der Waals surface area (Å²) in [5.41, 5.74) is 1.14. The molecular formula is C14H20N2O. The lowest BCUT2D eigenvalue weighted by atomic mass is 10.2. The number of nitrogens with zero attached hydrogens (tertiary/aromatic N) is 1. The van der Waals surface area contributed by atoms with Gasteiger partial charge in [0.15, 0.2) is 0 Å². The Labute approximate surface area is 103 Å². The minimum atomic E-state index is -0.0546. The zero-order chi connectivity index (χ0) is 12.5. The summed E-state index contributed by atoms with van der Waals surface area (Å²) < 4.78 is 0. The molecule has 17 heavy (non-hydrogen) atoms. The highest BCUT2D eigenvalue weighted by Crippen LogP contribution is 2.04. The molecule has 0 heterocycles. The predicted molar refractivity (Wildman–Crippen MR) is 70.5 cm³/mol. The van der Waals surface area contributed by atoms with Crippen LogP contribution in [0.25, 0.3) is 0 Å². The summed E-state index contributed by atoms with van der Waals surface area (Å²) in [6, 6.07) is 9.94. The normalized spacial score (nSPS) is 10.5. The first kappa shape index (κ1) is 13.3. The van der Waals surface area contributed by atoms with Crippen molar-refractivity contribution in [3.63, 3.8) is 0 Å². The number of benzene rings is 1. The summed E-state index contributed by atoms with van der Waals surface area (Å²) in [5.74, 6) is 0. The highest BCUT2D eigenvalue weighted by molar-refractivity contribution is 5.75. The van der Waals surface area contributed by atoms with Crippen molar-refractivity contribution < 1.29 is 4.79 Å². The minimum absolute atomic E-state index is 0.0546. The van der Waals surface area contributed by atoms with Gasteiger partial charge in [0.1, 0.15) is 0 Å². The molecule has 0 aliphatic rings. The summed E-state index contributed by atoms with van der Waals surface area (Å²) in [6.07, 6.45) is 4.55. The summed E-state index contributed by atoms with van der Waals surface area (Å²) in [7, 11) is 0. The number of allylic oxidation sites excluding steroid dienone is 1. The third kappa shape index (κ3) is 4.72. The van der Waals surface area contributed by atoms with E-state index in [9.17, 15) is 4.79 Å². The average Bonchev–Trinajstić information content (AvgIpc) is 2.37. The fraction of sp³-hybridized carbons (Fsp3) is 0.357. The van der Waals surface area contributed by atoms with Crippen LogP contribution in [0, 0.1) is 0 Å². The van der Waals surface area contributed by atoms with E-state index < -0.39 is 0 Å². The third-order valence-corrected chi connectivity index (χ3v) is 2.45. The van der Waals surface area contributed by atoms with E-state index >= 15 is 0 Å². The lowest BCUT2D eigenvalue weighted by molar-refractivity contribution is 0.202. The molecule has 0 unspecified atom stereocenters. The number of urea groups is 1. The van der Waals surface area contributed by atoms with Gasteiger partial charge in [0, 0.05) is 19.3 Å². The second-order valence-electron chi connectivity index (χ2n) is 3.76. The average molecular weight is 232 g/mol. The SMILES string of the molecule is CC/C=C/NC(=O)N(CC)Cc1ccccc1. The maximum Gasteiger partial charge on any atom is 0.321 e. The molecule has 1 rings (SSSR count). The molecule has 0 fully saturated rings. The van der Waals surface area contributed by atoms with Crippen molar-refractivity contribution >= 4 is 6.03 Å². The van der Waals surface area contributed by atoms with Gasteiger partial charge in [-0.25, -0.2) is 4.79 Å². The van der Waals surface area contributed by atoms with E-state index in [1.54, 1.807) is 11.1 Å². The smallest absolute Gasteiger partial charge is 0.321 e. The van der Waals surface area contributed by atoms with Gasteiger partial charge in [-0.3, -0.25) is 0 Å². The molecule has 0 saturated carbocycles. The second kappa shape index (κ2) is 7.49. The molecule has 3 heteroatoms. The summed E-state index contributed by atoms with van der Waals surface area (Å²) in [5, 5.41) is 2.76. The standard InChI is InChI=1S/C14H20N2O/c1-3-5-11-15-14(17)16(4-2)12-13-9-7-6-8-10-13/h5-11H,3-4,12H2,1-2H3,(H,15,17)/b11-5+. The lowest BCUT2D eigenvalue weighted by Gasteiger charge is -2.20. The van der Waals surface area contributed by atoms with Crippen LogP contribution in [-0.4, -0.2) is 17.5 Å². The fourth-order valence-electron chi connectivity index (χ4n) is 1.47. The molecule has 0 saturated heterocycles. The van der Waals surface area contributed by atoms with E-state index in [4.69, 9.17) is 0 Å². The van der Waals surface area contributed by atoms with Gasteiger partial charge in [0.25, 0.3) is 0 Å². The van der Waals surface area contributed by atoms with Crippen LogP contribution in [0.5, 0.6) is 0 Å². The molecular weight excluding hydrogens is 212 g/mol. The molecule has 0 aromatic heterocycles. The van der Waals surface area contributed by atoms with Gasteiger partial charge < -0.3 is 10.2 Å². The van der Waals surface area contributed by atoms with E-state index in [0.29, 0.717) is 13.1 Å². The van der Waals surface area contributed by atoms with Crippen molar-refractivity contribution in [2.45, 2.75) is 26.8 Å². The third-order valence-electron chi connectivity index (χ3n) is 2.45. The Hall–Kier alpha value is -1.77. The Kier molecular flexibility index (Phi) is 5.86. The second-order valence-corrected chi connectivity index (χ2v) is 3.76. The molecule has 0 aliphatic heterocycles. The van der Waals surface area contributed by atoms with Crippen molar-refractivity contribution in [1.29, 1.82) is 0 Å². The van der Waals surface area contributed by atoms with Crippen LogP contribution in [0.15, 0.2) is 42.6 Å². The van der Waals surface area contributed by atoms with E-state index in [0.717, 1.165) is 12.0 Å². The van der Waals surface area contributed by atoms with Crippen molar-refractivity contribution in [3.8, 4) is 0 Å². The van der Waals surface area contributed by atoms with E-state index in [2.05, 4.69) is 5.32 Å². The summed E-state index contributed by atoms with van der Waals surface area (Å²) >= 11 is 0. The molecule has 3 nitrogen and oxygen atoms in total. The number of hydrogen-bond acceptors (Lipinski definition) is 1. The molecule has 1 N–H and O–H groups in total. The lowest BCUT2D eigenvalue weighted by Crippen LogP contribution is -2.36. The van der Waals surface area contributed by atoms with E-state index in [1.165, 1.54) is 0 Å². The molecule has 0 bridgehead atoms. The van der Waals surface area contributed by atoms with Crippen LogP contribution in [0.4, 0.5) is 4.79 Å². The van der Waals surface area contributed by atoms with E-state index in [1.807, 2.05) is 50.3 Å². The van der Waals surface area contributed by atoms with Crippen LogP contribution in [-0.2, 0) is 6.54 Å². The van der Waals surface area contributed by atoms with Gasteiger partial charge >= 0.3 is 6.03 Å². The monoisotopic (exact) mass is 232 g/mol. The topological polar surface area (TPSA) is 32.3 Å². The summed E-state index contributed by atoms with van der Waals surface area (Å²) in [4.78, 5) is 13.6. The van der Waals surface area contributed by atoms with Gasteiger partial charge in [0.05, 0.1) is 0 Å². The van der Waals surface area contributed by atoms with Crippen LogP contribution in [0.2, 0.25) is 0 Å². The Morgan fingerprint density at radius 1 is 1.29 bits per heavy atom. The Balaban J connectivity index is 2.53. The number of carbonyl (C=O) groups excluding carboxylic acids is 1. The predicted octanol–water partition coefficient (Wildman–Crippen LogP) is 3.14. The van der Waals surface area contributed by atoms with E-state index in [-0.39, 0.29) is 6.03 Å². The molecule has 0 aliphatic carbocycles. The zero-order valence-corrected chi connectivity index (χ0v) is 10.5. The molecule has 0 atom stereocenters. The van der Waals surface area contributed by atoms with Crippen LogP contribution in [0.3, 0.4) is 0 Å². The molecule has 92 valence electrons. The van der Waals surface area contributed by atoms with Crippen molar-refractivity contribution in [1.82, 2.24) is 10.2 Å². The number of hydrogen-bond donors (Lipinski definition) is 1. The maximum atomic E-state index is 11.8. The number of nitrogens with one attached hydrogen (secondary N) is 1. The van der Waals surface area contributed by atoms with Gasteiger partial charge in [-0.05, 0) is 18.9 Å². The quantitative estimate of drug-likeness (QED) is 0.831. The Morgan fingerprint density at radius 3 is 2.59 bits per heavy atom. The highest BCUT2D eigenvalue weighted by Gasteiger charge is 2.09. The molecule has 0 radical (unpaired) electrons. The minimum Gasteiger partial charge on any atom is -0.321 e. The Bertz CT molecular complexity index is 360. The first-order valence-corrected chi connectivity index (χ1v) is 6.02. The first-order chi connectivity index (χ1) is 8.27. The zero-order valence-electron chi connectivity index (χ0n) is 10.5. The van der Waals surface area contributed by atoms with Gasteiger partial charge in [-0.2, -0.15) is 0 Å². The van der Waals surface area contributed by atoms with Crippen LogP contribution in [0.1, 0.15) is 25.8 Å². The van der Waals surface area contributed by atoms with Crippen molar-refractivity contribution in [3.05, 3.63) is 48.2 Å². The summed E-state index contributed by atoms with van der Waals surface area (Å²) in [6.45, 7) is 5.35. The fourth-order valence-corrected chi connectivity index (χ4v) is 1.47. The largest absolute Gasteiger partial charge is 0.321 e. The Morgan fingerprint density at radius 2 is 2.00 bits per heavy atom. The molecule has 1 aromatic rings. The molecule has 2 amide bonds. The van der Waals surface area contributed by atoms with Gasteiger partial charge in [-0.1, -0.05) is 43.3 Å². The van der Waals surface area contributed by atoms with Crippen LogP contribution < -0.4 is 5.32 Å². The molecule has 1 aromatic carbocycles. The van der Waals surface area contributed by atoms with Crippen molar-refractivity contribution in [2.24, 2.45) is 0 Å². The maximum absolute atomic E-state index is 11.8. The number of rotatable bonds is 5.